The minimum atomic E-state index is -0.0730. The molecule has 0 aromatic heterocycles. The van der Waals surface area contributed by atoms with E-state index in [4.69, 9.17) is 9.47 Å². The third-order valence-corrected chi connectivity index (χ3v) is 7.51. The van der Waals surface area contributed by atoms with Gasteiger partial charge in [-0.25, -0.2) is 0 Å². The summed E-state index contributed by atoms with van der Waals surface area (Å²) in [5.74, 6) is 0.138. The van der Waals surface area contributed by atoms with Gasteiger partial charge in [-0.2, -0.15) is 0 Å². The van der Waals surface area contributed by atoms with E-state index < -0.39 is 0 Å². The molecular weight excluding hydrogens is 462 g/mol. The zero-order valence-electron chi connectivity index (χ0n) is 25.3. The molecule has 0 N–H and O–H groups in total. The largest absolute Gasteiger partial charge is 0.465 e. The number of nitrogens with zero attached hydrogens (tertiary/aromatic N) is 1. The molecule has 37 heavy (non-hydrogen) atoms. The summed E-state index contributed by atoms with van der Waals surface area (Å²) >= 11 is 0. The fourth-order valence-electron chi connectivity index (χ4n) is 4.95. The van der Waals surface area contributed by atoms with Crippen LogP contribution in [-0.4, -0.2) is 57.1 Å². The molecule has 1 aliphatic carbocycles. The molecule has 1 saturated carbocycles. The highest BCUT2D eigenvalue weighted by Crippen LogP contribution is 2.28. The van der Waals surface area contributed by atoms with Crippen LogP contribution in [0, 0.1) is 11.8 Å². The molecule has 1 fully saturated rings. The molecule has 0 aromatic carbocycles. The summed E-state index contributed by atoms with van der Waals surface area (Å²) in [6.45, 7) is 11.6. The van der Waals surface area contributed by atoms with E-state index in [2.05, 4.69) is 18.7 Å². The number of aldehydes is 1. The van der Waals surface area contributed by atoms with Crippen molar-refractivity contribution in [1.29, 1.82) is 0 Å². The predicted molar refractivity (Wildman–Crippen MR) is 157 cm³/mol. The van der Waals surface area contributed by atoms with Crippen molar-refractivity contribution in [3.05, 3.63) is 0 Å². The molecule has 0 heterocycles. The summed E-state index contributed by atoms with van der Waals surface area (Å²) in [6, 6.07) is 0. The average molecular weight is 526 g/mol. The van der Waals surface area contributed by atoms with E-state index in [9.17, 15) is 9.59 Å². The van der Waals surface area contributed by atoms with E-state index in [1.54, 1.807) is 0 Å². The van der Waals surface area contributed by atoms with Gasteiger partial charge in [0.1, 0.15) is 6.29 Å². The molecule has 0 aliphatic heterocycles. The van der Waals surface area contributed by atoms with Crippen molar-refractivity contribution in [2.45, 2.75) is 143 Å². The van der Waals surface area contributed by atoms with Gasteiger partial charge in [-0.3, -0.25) is 4.79 Å². The highest BCUT2D eigenvalue weighted by molar-refractivity contribution is 5.72. The van der Waals surface area contributed by atoms with E-state index in [0.29, 0.717) is 6.61 Å². The quantitative estimate of drug-likeness (QED) is 0.0761. The van der Waals surface area contributed by atoms with Crippen LogP contribution in [0.2, 0.25) is 0 Å². The van der Waals surface area contributed by atoms with Crippen LogP contribution in [0.1, 0.15) is 143 Å². The lowest BCUT2D eigenvalue weighted by Gasteiger charge is -2.23. The van der Waals surface area contributed by atoms with Gasteiger partial charge >= 0.3 is 5.97 Å². The lowest BCUT2D eigenvalue weighted by atomic mass is 9.83. The second-order valence-corrected chi connectivity index (χ2v) is 11.0. The van der Waals surface area contributed by atoms with E-state index in [1.807, 2.05) is 14.0 Å². The maximum Gasteiger partial charge on any atom is 0.308 e. The standard InChI is InChI=1S/C21H45NO.C11H18O3/c1-4-6-8-10-12-14-16-18-22(20-21-23-3)19-17-15-13-11-9-7-5-2;1-2-7-14-11(13)10-5-3-9(8-12)4-6-10/h4-21H2,1-3H3;8-10H,2-7H2,1H3. The van der Waals surface area contributed by atoms with E-state index in [-0.39, 0.29) is 17.8 Å². The van der Waals surface area contributed by atoms with Crippen LogP contribution < -0.4 is 0 Å². The molecule has 220 valence electrons. The van der Waals surface area contributed by atoms with Gasteiger partial charge in [0, 0.05) is 19.6 Å². The topological polar surface area (TPSA) is 55.8 Å². The van der Waals surface area contributed by atoms with Crippen LogP contribution in [0.25, 0.3) is 0 Å². The Morgan fingerprint density at radius 2 is 1.16 bits per heavy atom. The van der Waals surface area contributed by atoms with Gasteiger partial charge < -0.3 is 19.2 Å². The Kier molecular flexibility index (Phi) is 27.4. The second-order valence-electron chi connectivity index (χ2n) is 11.0. The van der Waals surface area contributed by atoms with Crippen molar-refractivity contribution in [1.82, 2.24) is 4.90 Å². The highest BCUT2D eigenvalue weighted by Gasteiger charge is 2.26. The van der Waals surface area contributed by atoms with Crippen LogP contribution in [0.5, 0.6) is 0 Å². The first-order valence-electron chi connectivity index (χ1n) is 16.0. The lowest BCUT2D eigenvalue weighted by Crippen LogP contribution is -2.29. The zero-order valence-corrected chi connectivity index (χ0v) is 25.3. The fraction of sp³-hybridized carbons (Fsp3) is 0.938. The molecular formula is C32H63NO4. The number of unbranched alkanes of at least 4 members (excludes halogenated alkanes) is 12. The third kappa shape index (κ3) is 22.7. The number of carbonyl (C=O) groups is 2. The molecule has 0 bridgehead atoms. The number of hydrogen-bond donors (Lipinski definition) is 0. The minimum Gasteiger partial charge on any atom is -0.465 e. The first kappa shape index (κ1) is 36.1. The van der Waals surface area contributed by atoms with Crippen LogP contribution >= 0.6 is 0 Å². The van der Waals surface area contributed by atoms with Crippen molar-refractivity contribution in [2.24, 2.45) is 11.8 Å². The molecule has 0 radical (unpaired) electrons. The Morgan fingerprint density at radius 1 is 0.676 bits per heavy atom. The molecule has 5 heteroatoms. The highest BCUT2D eigenvalue weighted by atomic mass is 16.5. The molecule has 0 saturated heterocycles. The molecule has 0 spiro atoms. The van der Waals surface area contributed by atoms with Crippen molar-refractivity contribution in [3.8, 4) is 0 Å². The van der Waals surface area contributed by atoms with Gasteiger partial charge in [-0.15, -0.1) is 0 Å². The lowest BCUT2D eigenvalue weighted by molar-refractivity contribution is -0.150. The predicted octanol–water partition coefficient (Wildman–Crippen LogP) is 8.38. The summed E-state index contributed by atoms with van der Waals surface area (Å²) in [6.07, 6.45) is 24.9. The number of esters is 1. The molecule has 0 atom stereocenters. The second kappa shape index (κ2) is 28.1. The summed E-state index contributed by atoms with van der Waals surface area (Å²) in [7, 11) is 1.82. The maximum absolute atomic E-state index is 11.4. The zero-order chi connectivity index (χ0) is 27.4. The SMILES string of the molecule is CCCCCCCCCN(CCCCCCCCC)CCOC.CCCOC(=O)C1CCC(C=O)CC1. The molecule has 0 aromatic rings. The molecule has 0 unspecified atom stereocenters. The molecule has 0 amide bonds. The summed E-state index contributed by atoms with van der Waals surface area (Å²) in [5, 5.41) is 0. The van der Waals surface area contributed by atoms with Gasteiger partial charge in [0.05, 0.1) is 19.1 Å². The molecule has 1 rings (SSSR count). The van der Waals surface area contributed by atoms with Crippen LogP contribution in [0.3, 0.4) is 0 Å². The van der Waals surface area contributed by atoms with Gasteiger partial charge in [0.15, 0.2) is 0 Å². The van der Waals surface area contributed by atoms with Gasteiger partial charge in [-0.1, -0.05) is 97.8 Å². The normalized spacial score (nSPS) is 17.3. The van der Waals surface area contributed by atoms with Gasteiger partial charge in [0.25, 0.3) is 0 Å². The average Bonchev–Trinajstić information content (AvgIpc) is 2.93. The fourth-order valence-corrected chi connectivity index (χ4v) is 4.95. The Labute approximate surface area is 230 Å². The number of ether oxygens (including phenoxy) is 2. The Bertz CT molecular complexity index is 473. The van der Waals surface area contributed by atoms with Crippen molar-refractivity contribution in [2.75, 3.05) is 40.0 Å². The van der Waals surface area contributed by atoms with Gasteiger partial charge in [0.2, 0.25) is 0 Å². The van der Waals surface area contributed by atoms with Crippen LogP contribution in [0.15, 0.2) is 0 Å². The number of hydrogen-bond acceptors (Lipinski definition) is 5. The monoisotopic (exact) mass is 525 g/mol. The number of carbonyl (C=O) groups excluding carboxylic acids is 2. The summed E-state index contributed by atoms with van der Waals surface area (Å²) in [4.78, 5) is 24.6. The number of rotatable bonds is 23. The van der Waals surface area contributed by atoms with E-state index in [0.717, 1.165) is 51.5 Å². The minimum absolute atomic E-state index is 0.0396. The molecule has 1 aliphatic rings. The smallest absolute Gasteiger partial charge is 0.308 e. The third-order valence-electron chi connectivity index (χ3n) is 7.51. The van der Waals surface area contributed by atoms with Crippen molar-refractivity contribution < 1.29 is 19.1 Å². The Morgan fingerprint density at radius 3 is 1.59 bits per heavy atom. The van der Waals surface area contributed by atoms with E-state index in [1.165, 1.54) is 103 Å². The Balaban J connectivity index is 0.000000785. The molecule has 5 nitrogen and oxygen atoms in total. The first-order chi connectivity index (χ1) is 18.1. The van der Waals surface area contributed by atoms with Crippen LogP contribution in [0.4, 0.5) is 0 Å². The van der Waals surface area contributed by atoms with Crippen molar-refractivity contribution >= 4 is 12.3 Å². The number of methoxy groups -OCH3 is 1. The summed E-state index contributed by atoms with van der Waals surface area (Å²) in [5.41, 5.74) is 0. The van der Waals surface area contributed by atoms with E-state index >= 15 is 0 Å². The Hall–Kier alpha value is -0.940. The van der Waals surface area contributed by atoms with Crippen LogP contribution in [-0.2, 0) is 19.1 Å². The van der Waals surface area contributed by atoms with Gasteiger partial charge in [-0.05, 0) is 58.0 Å². The maximum atomic E-state index is 11.4. The van der Waals surface area contributed by atoms with Crippen molar-refractivity contribution in [3.63, 3.8) is 0 Å². The summed E-state index contributed by atoms with van der Waals surface area (Å²) < 4.78 is 10.3. The first-order valence-corrected chi connectivity index (χ1v) is 16.0.